The van der Waals surface area contributed by atoms with Gasteiger partial charge in [-0.2, -0.15) is 0 Å². The number of phenols is 4. The van der Waals surface area contributed by atoms with Crippen LogP contribution in [0.3, 0.4) is 0 Å². The van der Waals surface area contributed by atoms with Crippen LogP contribution in [0.1, 0.15) is 58.1 Å². The highest BCUT2D eigenvalue weighted by Crippen LogP contribution is 2.47. The molecule has 0 atom stereocenters. The molecule has 0 radical (unpaired) electrons. The third-order valence-corrected chi connectivity index (χ3v) is 4.32. The van der Waals surface area contributed by atoms with Crippen molar-refractivity contribution in [3.8, 4) is 23.0 Å². The fraction of sp³-hybridized carbons (Fsp3) is 0.0588. The average Bonchev–Trinajstić information content (AvgIpc) is 2.59. The van der Waals surface area contributed by atoms with E-state index < -0.39 is 79.9 Å². The molecule has 0 heterocycles. The van der Waals surface area contributed by atoms with Gasteiger partial charge in [0.1, 0.15) is 17.1 Å². The van der Waals surface area contributed by atoms with Gasteiger partial charge in [-0.1, -0.05) is 0 Å². The van der Waals surface area contributed by atoms with E-state index in [0.29, 0.717) is 6.07 Å². The lowest BCUT2D eigenvalue weighted by molar-refractivity contribution is 0.0646. The molecule has 0 bridgehead atoms. The van der Waals surface area contributed by atoms with Crippen LogP contribution < -0.4 is 0 Å². The molecule has 0 spiro atoms. The highest BCUT2D eigenvalue weighted by atomic mass is 16.4. The minimum absolute atomic E-state index is 0.343. The van der Waals surface area contributed by atoms with Crippen molar-refractivity contribution in [1.29, 1.82) is 0 Å². The number of carboxylic acids is 2. The number of aromatic carboxylic acids is 2. The van der Waals surface area contributed by atoms with E-state index in [1.165, 1.54) is 0 Å². The van der Waals surface area contributed by atoms with Crippen LogP contribution in [0.2, 0.25) is 0 Å². The molecule has 0 saturated carbocycles. The second-order valence-corrected chi connectivity index (χ2v) is 5.76. The van der Waals surface area contributed by atoms with E-state index in [9.17, 15) is 49.8 Å². The van der Waals surface area contributed by atoms with Crippen molar-refractivity contribution >= 4 is 23.5 Å². The van der Waals surface area contributed by atoms with Crippen LogP contribution in [-0.4, -0.2) is 54.1 Å². The molecule has 1 aliphatic carbocycles. The van der Waals surface area contributed by atoms with E-state index in [1.807, 2.05) is 0 Å². The Hall–Kier alpha value is -4.08. The molecule has 0 amide bonds. The molecule has 2 aromatic rings. The number of carbonyl (C=O) groups is 4. The Kier molecular flexibility index (Phi) is 3.59. The standard InChI is InChI=1S/C17H10O10/c1-3-11(19)9-10(15(23)12(3)20)13(21)4-2-5(18)7(16(24)25)8(17(26)27)6(4)14(9)22/h2,18-20,23H,1H3,(H,24,25)(H,26,27). The van der Waals surface area contributed by atoms with Gasteiger partial charge in [0.2, 0.25) is 0 Å². The van der Waals surface area contributed by atoms with E-state index in [0.717, 1.165) is 6.92 Å². The number of rotatable bonds is 2. The lowest BCUT2D eigenvalue weighted by Crippen LogP contribution is -2.26. The number of hydrogen-bond acceptors (Lipinski definition) is 8. The molecule has 10 nitrogen and oxygen atoms in total. The fourth-order valence-electron chi connectivity index (χ4n) is 3.05. The zero-order valence-corrected chi connectivity index (χ0v) is 13.4. The van der Waals surface area contributed by atoms with Crippen molar-refractivity contribution < 1.29 is 49.8 Å². The van der Waals surface area contributed by atoms with Gasteiger partial charge in [-0.3, -0.25) is 9.59 Å². The van der Waals surface area contributed by atoms with Gasteiger partial charge < -0.3 is 30.6 Å². The van der Waals surface area contributed by atoms with Crippen molar-refractivity contribution in [3.63, 3.8) is 0 Å². The van der Waals surface area contributed by atoms with E-state index in [1.54, 1.807) is 0 Å². The number of aromatic hydroxyl groups is 4. The summed E-state index contributed by atoms with van der Waals surface area (Å²) in [7, 11) is 0. The SMILES string of the molecule is Cc1c(O)c(O)c2c(c1O)C(=O)c1c(cc(O)c(C(=O)O)c1C(=O)O)C2=O. The van der Waals surface area contributed by atoms with Crippen molar-refractivity contribution in [1.82, 2.24) is 0 Å². The zero-order chi connectivity index (χ0) is 20.4. The van der Waals surface area contributed by atoms with Crippen LogP contribution >= 0.6 is 0 Å². The molecule has 0 aromatic heterocycles. The van der Waals surface area contributed by atoms with Crippen LogP contribution in [0.15, 0.2) is 6.07 Å². The van der Waals surface area contributed by atoms with Gasteiger partial charge in [-0.15, -0.1) is 0 Å². The van der Waals surface area contributed by atoms with Crippen LogP contribution in [-0.2, 0) is 0 Å². The minimum atomic E-state index is -1.90. The molecule has 6 N–H and O–H groups in total. The fourth-order valence-corrected chi connectivity index (χ4v) is 3.05. The molecule has 0 unspecified atom stereocenters. The van der Waals surface area contributed by atoms with Gasteiger partial charge in [0.05, 0.1) is 16.7 Å². The Morgan fingerprint density at radius 1 is 0.741 bits per heavy atom. The summed E-state index contributed by atoms with van der Waals surface area (Å²) < 4.78 is 0. The van der Waals surface area contributed by atoms with Gasteiger partial charge in [0.25, 0.3) is 0 Å². The smallest absolute Gasteiger partial charge is 0.340 e. The van der Waals surface area contributed by atoms with Crippen LogP contribution in [0.5, 0.6) is 23.0 Å². The molecule has 1 aliphatic rings. The topological polar surface area (TPSA) is 190 Å². The molecule has 0 aliphatic heterocycles. The molecule has 3 rings (SSSR count). The van der Waals surface area contributed by atoms with E-state index in [2.05, 4.69) is 0 Å². The van der Waals surface area contributed by atoms with Crippen molar-refractivity contribution in [2.45, 2.75) is 6.92 Å². The Labute approximate surface area is 149 Å². The third kappa shape index (κ3) is 2.13. The van der Waals surface area contributed by atoms with Gasteiger partial charge in [-0.25, -0.2) is 9.59 Å². The summed E-state index contributed by atoms with van der Waals surface area (Å²) in [6.07, 6.45) is 0. The molecule has 0 fully saturated rings. The summed E-state index contributed by atoms with van der Waals surface area (Å²) in [4.78, 5) is 48.5. The first-order chi connectivity index (χ1) is 12.5. The maximum Gasteiger partial charge on any atom is 0.340 e. The Morgan fingerprint density at radius 2 is 1.26 bits per heavy atom. The van der Waals surface area contributed by atoms with Gasteiger partial charge in [0, 0.05) is 16.7 Å². The maximum absolute atomic E-state index is 12.9. The van der Waals surface area contributed by atoms with Crippen LogP contribution in [0.4, 0.5) is 0 Å². The average molecular weight is 374 g/mol. The first-order valence-corrected chi connectivity index (χ1v) is 7.24. The van der Waals surface area contributed by atoms with E-state index in [-0.39, 0.29) is 5.56 Å². The predicted molar refractivity (Wildman–Crippen MR) is 85.1 cm³/mol. The monoisotopic (exact) mass is 374 g/mol. The largest absolute Gasteiger partial charge is 0.507 e. The zero-order valence-electron chi connectivity index (χ0n) is 13.4. The van der Waals surface area contributed by atoms with Crippen molar-refractivity contribution in [2.24, 2.45) is 0 Å². The second-order valence-electron chi connectivity index (χ2n) is 5.76. The number of phenolic OH excluding ortho intramolecular Hbond substituents is 3. The van der Waals surface area contributed by atoms with Crippen molar-refractivity contribution in [2.75, 3.05) is 0 Å². The maximum atomic E-state index is 12.9. The highest BCUT2D eigenvalue weighted by Gasteiger charge is 2.42. The van der Waals surface area contributed by atoms with E-state index >= 15 is 0 Å². The van der Waals surface area contributed by atoms with Gasteiger partial charge >= 0.3 is 11.9 Å². The molecule has 10 heteroatoms. The van der Waals surface area contributed by atoms with Gasteiger partial charge in [-0.05, 0) is 13.0 Å². The Morgan fingerprint density at radius 3 is 1.78 bits per heavy atom. The number of carbonyl (C=O) groups excluding carboxylic acids is 2. The van der Waals surface area contributed by atoms with Crippen LogP contribution in [0, 0.1) is 6.92 Å². The molecular formula is C17H10O10. The summed E-state index contributed by atoms with van der Waals surface area (Å²) in [6, 6.07) is 0.585. The number of hydrogen-bond donors (Lipinski definition) is 6. The lowest BCUT2D eigenvalue weighted by Gasteiger charge is -2.23. The van der Waals surface area contributed by atoms with Crippen molar-refractivity contribution in [3.05, 3.63) is 45.0 Å². The van der Waals surface area contributed by atoms with E-state index in [4.69, 9.17) is 0 Å². The number of carboxylic acid groups (broad SMARTS) is 2. The first kappa shape index (κ1) is 17.7. The Balaban J connectivity index is 2.54. The van der Waals surface area contributed by atoms with Gasteiger partial charge in [0.15, 0.2) is 23.1 Å². The molecule has 27 heavy (non-hydrogen) atoms. The number of fused-ring (bicyclic) bond motifs is 2. The quantitative estimate of drug-likeness (QED) is 0.278. The summed E-state index contributed by atoms with van der Waals surface area (Å²) >= 11 is 0. The Bertz CT molecular complexity index is 1110. The normalized spacial score (nSPS) is 12.5. The predicted octanol–water partition coefficient (Wildman–Crippen LogP) is 0.989. The molecule has 0 saturated heterocycles. The molecule has 2 aromatic carbocycles. The second kappa shape index (κ2) is 5.46. The number of benzene rings is 2. The van der Waals surface area contributed by atoms with Crippen LogP contribution in [0.25, 0.3) is 0 Å². The number of ketones is 2. The summed E-state index contributed by atoms with van der Waals surface area (Å²) in [5, 5.41) is 58.5. The molecular weight excluding hydrogens is 364 g/mol. The summed E-state index contributed by atoms with van der Waals surface area (Å²) in [6.45, 7) is 1.13. The summed E-state index contributed by atoms with van der Waals surface area (Å²) in [5.41, 5.74) is -5.68. The lowest BCUT2D eigenvalue weighted by atomic mass is 9.78. The highest BCUT2D eigenvalue weighted by molar-refractivity contribution is 6.33. The minimum Gasteiger partial charge on any atom is -0.507 e. The molecule has 138 valence electrons. The third-order valence-electron chi connectivity index (χ3n) is 4.32. The summed E-state index contributed by atoms with van der Waals surface area (Å²) in [5.74, 6) is -10.0. The first-order valence-electron chi connectivity index (χ1n) is 7.24.